The van der Waals surface area contributed by atoms with Gasteiger partial charge in [0.2, 0.25) is 9.84 Å². The largest absolute Gasteiger partial charge is 0.310 e. The molecule has 0 atom stereocenters. The Morgan fingerprint density at radius 3 is 2.02 bits per heavy atom. The molecule has 3 aliphatic rings. The van der Waals surface area contributed by atoms with Gasteiger partial charge in [-0.25, -0.2) is 8.42 Å². The first kappa shape index (κ1) is 25.4. The van der Waals surface area contributed by atoms with Crippen LogP contribution in [-0.4, -0.2) is 8.42 Å². The maximum absolute atomic E-state index is 13.5. The highest BCUT2D eigenvalue weighted by atomic mass is 32.2. The molecular weight excluding hydrogens is 555 g/mol. The highest BCUT2D eigenvalue weighted by Crippen LogP contribution is 2.57. The molecule has 5 heteroatoms. The molecule has 0 saturated carbocycles. The van der Waals surface area contributed by atoms with Crippen LogP contribution in [0.5, 0.6) is 0 Å². The Bertz CT molecular complexity index is 2010. The number of sulfone groups is 1. The zero-order valence-electron chi connectivity index (χ0n) is 22.8. The standard InChI is InChI=1S/C37H27NO2S2/c39-42(40)35-21-11-10-20-33(35)41-34-25-27(22-23-36(34)42)38-31-18-8-6-16-29(31)37(30-17-7-9-19-32(30)38)24-12-2-1-3-13-26-14-4-5-15-28(26)37/h1-12,14-23,25H,13,24H2/b3-1-,12-2-. The van der Waals surface area contributed by atoms with Crippen LogP contribution < -0.4 is 4.90 Å². The van der Waals surface area contributed by atoms with Crippen LogP contribution in [0.1, 0.15) is 28.7 Å². The van der Waals surface area contributed by atoms with E-state index in [0.29, 0.717) is 9.79 Å². The van der Waals surface area contributed by atoms with Gasteiger partial charge in [0.1, 0.15) is 0 Å². The number of hydrogen-bond acceptors (Lipinski definition) is 4. The Kier molecular flexibility index (Phi) is 5.82. The second-order valence-corrected chi connectivity index (χ2v) is 13.9. The summed E-state index contributed by atoms with van der Waals surface area (Å²) >= 11 is 1.52. The number of benzene rings is 5. The lowest BCUT2D eigenvalue weighted by atomic mass is 9.63. The van der Waals surface area contributed by atoms with Crippen LogP contribution in [0.25, 0.3) is 0 Å². The average molecular weight is 582 g/mol. The molecule has 0 amide bonds. The lowest BCUT2D eigenvalue weighted by Gasteiger charge is -2.46. The Morgan fingerprint density at radius 2 is 1.24 bits per heavy atom. The van der Waals surface area contributed by atoms with Crippen LogP contribution in [-0.2, 0) is 21.7 Å². The second-order valence-electron chi connectivity index (χ2n) is 10.9. The molecule has 5 aromatic carbocycles. The molecule has 1 spiro atoms. The van der Waals surface area contributed by atoms with Gasteiger partial charge in [-0.15, -0.1) is 0 Å². The molecule has 204 valence electrons. The van der Waals surface area contributed by atoms with E-state index < -0.39 is 9.84 Å². The van der Waals surface area contributed by atoms with Crippen molar-refractivity contribution >= 4 is 38.7 Å². The van der Waals surface area contributed by atoms with Gasteiger partial charge in [0.25, 0.3) is 0 Å². The van der Waals surface area contributed by atoms with Crippen molar-refractivity contribution < 1.29 is 8.42 Å². The maximum Gasteiger partial charge on any atom is 0.208 e. The molecule has 2 heterocycles. The lowest BCUT2D eigenvalue weighted by molar-refractivity contribution is 0.591. The second kappa shape index (κ2) is 9.62. The molecule has 2 aliphatic heterocycles. The maximum atomic E-state index is 13.5. The van der Waals surface area contributed by atoms with Gasteiger partial charge in [0.05, 0.1) is 26.6 Å². The predicted octanol–water partition coefficient (Wildman–Crippen LogP) is 9.16. The predicted molar refractivity (Wildman–Crippen MR) is 170 cm³/mol. The smallest absolute Gasteiger partial charge is 0.208 e. The van der Waals surface area contributed by atoms with Crippen molar-refractivity contribution in [2.45, 2.75) is 37.8 Å². The van der Waals surface area contributed by atoms with Crippen molar-refractivity contribution in [2.75, 3.05) is 4.90 Å². The number of nitrogens with zero attached hydrogens (tertiary/aromatic N) is 1. The third-order valence-electron chi connectivity index (χ3n) is 8.67. The normalized spacial score (nSPS) is 18.6. The Balaban J connectivity index is 1.38. The first-order chi connectivity index (χ1) is 20.6. The van der Waals surface area contributed by atoms with Crippen molar-refractivity contribution in [1.29, 1.82) is 0 Å². The zero-order valence-corrected chi connectivity index (χ0v) is 24.4. The van der Waals surface area contributed by atoms with Crippen LogP contribution in [0.2, 0.25) is 0 Å². The molecule has 0 fully saturated rings. The SMILES string of the molecule is O=S1(=O)c2ccccc2Sc2cc(N3c4ccccc4C4(C/C=C\C=C/Cc5ccccc54)c4ccccc43)ccc21. The van der Waals surface area contributed by atoms with E-state index in [1.54, 1.807) is 18.2 Å². The lowest BCUT2D eigenvalue weighted by Crippen LogP contribution is -2.37. The quantitative estimate of drug-likeness (QED) is 0.194. The molecule has 8 rings (SSSR count). The molecule has 0 unspecified atom stereocenters. The number of para-hydroxylation sites is 2. The minimum absolute atomic E-state index is 0.368. The van der Waals surface area contributed by atoms with Crippen molar-refractivity contribution in [3.05, 3.63) is 162 Å². The summed E-state index contributed by atoms with van der Waals surface area (Å²) in [5, 5.41) is 0. The molecule has 0 radical (unpaired) electrons. The van der Waals surface area contributed by atoms with Crippen LogP contribution in [0.15, 0.2) is 159 Å². The van der Waals surface area contributed by atoms with Gasteiger partial charge in [-0.3, -0.25) is 0 Å². The first-order valence-corrected chi connectivity index (χ1v) is 16.4. The molecule has 0 N–H and O–H groups in total. The van der Waals surface area contributed by atoms with Crippen molar-refractivity contribution in [3.8, 4) is 0 Å². The van der Waals surface area contributed by atoms with Gasteiger partial charge in [0, 0.05) is 15.5 Å². The zero-order chi connectivity index (χ0) is 28.3. The molecular formula is C37H27NO2S2. The minimum Gasteiger partial charge on any atom is -0.310 e. The van der Waals surface area contributed by atoms with E-state index in [-0.39, 0.29) is 5.41 Å². The number of fused-ring (bicyclic) bond motifs is 8. The fourth-order valence-corrected chi connectivity index (χ4v) is 10.1. The summed E-state index contributed by atoms with van der Waals surface area (Å²) in [6.45, 7) is 0. The van der Waals surface area contributed by atoms with E-state index in [2.05, 4.69) is 102 Å². The van der Waals surface area contributed by atoms with Gasteiger partial charge < -0.3 is 4.90 Å². The number of allylic oxidation sites excluding steroid dienone is 4. The summed E-state index contributed by atoms with van der Waals surface area (Å²) in [6.07, 6.45) is 10.5. The minimum atomic E-state index is -3.59. The summed E-state index contributed by atoms with van der Waals surface area (Å²) in [5.41, 5.74) is 7.91. The van der Waals surface area contributed by atoms with Crippen LogP contribution in [0, 0.1) is 0 Å². The topological polar surface area (TPSA) is 37.4 Å². The highest BCUT2D eigenvalue weighted by Gasteiger charge is 2.45. The third kappa shape index (κ3) is 3.63. The van der Waals surface area contributed by atoms with Crippen LogP contribution in [0.4, 0.5) is 17.1 Å². The van der Waals surface area contributed by atoms with Gasteiger partial charge in [-0.1, -0.05) is 109 Å². The fraction of sp³-hybridized carbons (Fsp3) is 0.0811. The van der Waals surface area contributed by atoms with E-state index >= 15 is 0 Å². The number of anilines is 3. The van der Waals surface area contributed by atoms with E-state index in [1.165, 1.54) is 34.0 Å². The summed E-state index contributed by atoms with van der Waals surface area (Å²) in [5.74, 6) is 0. The Hall–Kier alpha value is -4.32. The fourth-order valence-electron chi connectivity index (χ4n) is 6.87. The van der Waals surface area contributed by atoms with E-state index in [4.69, 9.17) is 0 Å². The van der Waals surface area contributed by atoms with Gasteiger partial charge in [0.15, 0.2) is 0 Å². The summed E-state index contributed by atoms with van der Waals surface area (Å²) in [6, 6.07) is 39.3. The summed E-state index contributed by atoms with van der Waals surface area (Å²) in [7, 11) is -3.59. The molecule has 0 bridgehead atoms. The molecule has 0 saturated heterocycles. The average Bonchev–Trinajstić information content (AvgIpc) is 3.11. The molecule has 5 aromatic rings. The molecule has 42 heavy (non-hydrogen) atoms. The summed E-state index contributed by atoms with van der Waals surface area (Å²) in [4.78, 5) is 4.58. The summed E-state index contributed by atoms with van der Waals surface area (Å²) < 4.78 is 27.1. The van der Waals surface area contributed by atoms with Crippen LogP contribution in [0.3, 0.4) is 0 Å². The Morgan fingerprint density at radius 1 is 0.619 bits per heavy atom. The van der Waals surface area contributed by atoms with Crippen molar-refractivity contribution in [3.63, 3.8) is 0 Å². The van der Waals surface area contributed by atoms with Crippen LogP contribution >= 0.6 is 11.8 Å². The first-order valence-electron chi connectivity index (χ1n) is 14.1. The Labute approximate surface area is 250 Å². The van der Waals surface area contributed by atoms with Gasteiger partial charge in [-0.2, -0.15) is 0 Å². The molecule has 0 aromatic heterocycles. The number of hydrogen-bond donors (Lipinski definition) is 0. The highest BCUT2D eigenvalue weighted by molar-refractivity contribution is 8.02. The van der Waals surface area contributed by atoms with Crippen molar-refractivity contribution in [2.24, 2.45) is 0 Å². The molecule has 3 nitrogen and oxygen atoms in total. The van der Waals surface area contributed by atoms with E-state index in [1.807, 2.05) is 24.3 Å². The monoisotopic (exact) mass is 581 g/mol. The van der Waals surface area contributed by atoms with Gasteiger partial charge in [-0.05, 0) is 77.6 Å². The third-order valence-corrected chi connectivity index (χ3v) is 11.9. The van der Waals surface area contributed by atoms with E-state index in [0.717, 1.165) is 39.7 Å². The number of rotatable bonds is 1. The van der Waals surface area contributed by atoms with E-state index in [9.17, 15) is 8.42 Å². The molecule has 1 aliphatic carbocycles. The van der Waals surface area contributed by atoms with Crippen molar-refractivity contribution in [1.82, 2.24) is 0 Å². The van der Waals surface area contributed by atoms with Gasteiger partial charge >= 0.3 is 0 Å².